The summed E-state index contributed by atoms with van der Waals surface area (Å²) in [5, 5.41) is 2.65. The molecule has 0 spiro atoms. The van der Waals surface area contributed by atoms with E-state index in [1.807, 2.05) is 55.3 Å². The first-order valence-corrected chi connectivity index (χ1v) is 13.8. The molecule has 1 aromatic carbocycles. The standard InChI is InChI=1S/C28H35N3O6S/c1-6-36-26(33)20-11-13-30(14-12-20)23(32)15-21-16-38-28-29-18(4)24(27(34)37-17(2)3)25(31(21)28)19-7-9-22(35-5)10-8-19/h7-10,16-17,20,25H,6,11-15H2,1-5H3/t25-/m0/s1. The van der Waals surface area contributed by atoms with Gasteiger partial charge in [-0.3, -0.25) is 9.59 Å². The van der Waals surface area contributed by atoms with Crippen LogP contribution in [0.25, 0.3) is 0 Å². The number of piperidine rings is 1. The molecule has 204 valence electrons. The Bertz CT molecular complexity index is 1170. The Balaban J connectivity index is 1.57. The lowest BCUT2D eigenvalue weighted by Gasteiger charge is -2.37. The number of carbonyl (C=O) groups excluding carboxylic acids is 3. The molecule has 3 heterocycles. The SMILES string of the molecule is CCOC(=O)C1CCN(C(=O)CC2=CSC3=NC(C)=C(C(=O)OC(C)C)[C@H](c4ccc(OC)cc4)N23)CC1. The van der Waals surface area contributed by atoms with Crippen molar-refractivity contribution in [1.82, 2.24) is 9.80 Å². The van der Waals surface area contributed by atoms with Crippen molar-refractivity contribution in [3.05, 3.63) is 52.2 Å². The number of allylic oxidation sites excluding steroid dienone is 1. The summed E-state index contributed by atoms with van der Waals surface area (Å²) in [5.41, 5.74) is 2.68. The fourth-order valence-electron chi connectivity index (χ4n) is 4.90. The number of likely N-dealkylation sites (tertiary alicyclic amines) is 1. The van der Waals surface area contributed by atoms with E-state index in [2.05, 4.69) is 0 Å². The summed E-state index contributed by atoms with van der Waals surface area (Å²) in [6, 6.07) is 7.05. The van der Waals surface area contributed by atoms with Crippen molar-refractivity contribution in [2.75, 3.05) is 26.8 Å². The van der Waals surface area contributed by atoms with Gasteiger partial charge in [0.25, 0.3) is 0 Å². The Morgan fingerprint density at radius 2 is 1.82 bits per heavy atom. The molecule has 1 saturated heterocycles. The maximum Gasteiger partial charge on any atom is 0.338 e. The second-order valence-electron chi connectivity index (χ2n) is 9.70. The number of ether oxygens (including phenoxy) is 3. The van der Waals surface area contributed by atoms with E-state index >= 15 is 0 Å². The third-order valence-corrected chi connectivity index (χ3v) is 7.68. The van der Waals surface area contributed by atoms with E-state index in [1.54, 1.807) is 18.9 Å². The number of hydrogen-bond donors (Lipinski definition) is 0. The molecule has 9 nitrogen and oxygen atoms in total. The van der Waals surface area contributed by atoms with Gasteiger partial charge in [0.15, 0.2) is 5.17 Å². The number of methoxy groups -OCH3 is 1. The Hall–Kier alpha value is -3.27. The second-order valence-corrected chi connectivity index (χ2v) is 10.5. The average Bonchev–Trinajstić information content (AvgIpc) is 3.29. The van der Waals surface area contributed by atoms with Crippen molar-refractivity contribution in [2.45, 2.75) is 59.1 Å². The molecule has 3 aliphatic heterocycles. The minimum absolute atomic E-state index is 0.0218. The van der Waals surface area contributed by atoms with Crippen LogP contribution in [0.2, 0.25) is 0 Å². The summed E-state index contributed by atoms with van der Waals surface area (Å²) in [7, 11) is 1.61. The molecule has 1 atom stereocenters. The van der Waals surface area contributed by atoms with Gasteiger partial charge in [-0.15, -0.1) is 0 Å². The van der Waals surface area contributed by atoms with Crippen molar-refractivity contribution in [2.24, 2.45) is 10.9 Å². The van der Waals surface area contributed by atoms with Crippen LogP contribution in [0.3, 0.4) is 0 Å². The molecule has 0 radical (unpaired) electrons. The summed E-state index contributed by atoms with van der Waals surface area (Å²) in [6.45, 7) is 8.62. The molecular weight excluding hydrogens is 506 g/mol. The van der Waals surface area contributed by atoms with Crippen molar-refractivity contribution < 1.29 is 28.6 Å². The zero-order chi connectivity index (χ0) is 27.4. The Labute approximate surface area is 227 Å². The van der Waals surface area contributed by atoms with Gasteiger partial charge in [0.1, 0.15) is 5.75 Å². The molecule has 0 aliphatic carbocycles. The van der Waals surface area contributed by atoms with Crippen molar-refractivity contribution >= 4 is 34.8 Å². The molecule has 3 aliphatic rings. The fraction of sp³-hybridized carbons (Fsp3) is 0.500. The molecule has 0 N–H and O–H groups in total. The number of fused-ring (bicyclic) bond motifs is 1. The van der Waals surface area contributed by atoms with Crippen LogP contribution >= 0.6 is 11.8 Å². The molecule has 4 rings (SSSR count). The maximum atomic E-state index is 13.4. The zero-order valence-corrected chi connectivity index (χ0v) is 23.4. The van der Waals surface area contributed by atoms with E-state index in [9.17, 15) is 14.4 Å². The highest BCUT2D eigenvalue weighted by Gasteiger charge is 2.42. The molecular formula is C28H35N3O6S. The fourth-order valence-corrected chi connectivity index (χ4v) is 5.87. The number of nitrogens with zero attached hydrogens (tertiary/aromatic N) is 3. The Kier molecular flexibility index (Phi) is 8.81. The predicted molar refractivity (Wildman–Crippen MR) is 145 cm³/mol. The summed E-state index contributed by atoms with van der Waals surface area (Å²) in [5.74, 6) is -0.0910. The number of benzene rings is 1. The van der Waals surface area contributed by atoms with Gasteiger partial charge in [0.2, 0.25) is 5.91 Å². The summed E-state index contributed by atoms with van der Waals surface area (Å²) >= 11 is 1.44. The van der Waals surface area contributed by atoms with E-state index in [0.717, 1.165) is 11.3 Å². The topological polar surface area (TPSA) is 97.7 Å². The van der Waals surface area contributed by atoms with Gasteiger partial charge in [0.05, 0.1) is 49.5 Å². The van der Waals surface area contributed by atoms with Gasteiger partial charge in [0, 0.05) is 18.8 Å². The number of rotatable bonds is 8. The van der Waals surface area contributed by atoms with Crippen molar-refractivity contribution in [3.63, 3.8) is 0 Å². The first-order chi connectivity index (χ1) is 18.2. The lowest BCUT2D eigenvalue weighted by atomic mass is 9.93. The predicted octanol–water partition coefficient (Wildman–Crippen LogP) is 4.41. The van der Waals surface area contributed by atoms with Crippen LogP contribution in [0, 0.1) is 5.92 Å². The molecule has 0 aromatic heterocycles. The third kappa shape index (κ3) is 5.90. The highest BCUT2D eigenvalue weighted by Crippen LogP contribution is 2.45. The Morgan fingerprint density at radius 1 is 1.13 bits per heavy atom. The molecule has 10 heteroatoms. The van der Waals surface area contributed by atoms with E-state index in [-0.39, 0.29) is 30.3 Å². The maximum absolute atomic E-state index is 13.4. The first kappa shape index (κ1) is 27.8. The van der Waals surface area contributed by atoms with E-state index in [1.165, 1.54) is 11.8 Å². The van der Waals surface area contributed by atoms with Crippen LogP contribution in [0.1, 0.15) is 58.6 Å². The van der Waals surface area contributed by atoms with Crippen LogP contribution in [0.5, 0.6) is 5.75 Å². The quantitative estimate of drug-likeness (QED) is 0.447. The average molecular weight is 542 g/mol. The van der Waals surface area contributed by atoms with Gasteiger partial charge < -0.3 is 24.0 Å². The van der Waals surface area contributed by atoms with Gasteiger partial charge >= 0.3 is 11.9 Å². The zero-order valence-electron chi connectivity index (χ0n) is 22.6. The minimum Gasteiger partial charge on any atom is -0.497 e. The third-order valence-electron chi connectivity index (χ3n) is 6.79. The molecule has 1 amide bonds. The van der Waals surface area contributed by atoms with Gasteiger partial charge in [-0.1, -0.05) is 23.9 Å². The summed E-state index contributed by atoms with van der Waals surface area (Å²) in [6.07, 6.45) is 1.06. The highest BCUT2D eigenvalue weighted by molar-refractivity contribution is 8.16. The normalized spacial score (nSPS) is 19.7. The van der Waals surface area contributed by atoms with Crippen molar-refractivity contribution in [1.29, 1.82) is 0 Å². The largest absolute Gasteiger partial charge is 0.497 e. The number of thioether (sulfide) groups is 1. The van der Waals surface area contributed by atoms with Crippen LogP contribution in [0.15, 0.2) is 51.6 Å². The Morgan fingerprint density at radius 3 is 2.42 bits per heavy atom. The highest BCUT2D eigenvalue weighted by atomic mass is 32.2. The molecule has 0 saturated carbocycles. The van der Waals surface area contributed by atoms with Crippen molar-refractivity contribution in [3.8, 4) is 5.75 Å². The van der Waals surface area contributed by atoms with Crippen LogP contribution in [0.4, 0.5) is 0 Å². The second kappa shape index (κ2) is 12.1. The lowest BCUT2D eigenvalue weighted by molar-refractivity contribution is -0.151. The van der Waals surface area contributed by atoms with Gasteiger partial charge in [-0.2, -0.15) is 0 Å². The summed E-state index contributed by atoms with van der Waals surface area (Å²) < 4.78 is 16.1. The van der Waals surface area contributed by atoms with E-state index in [4.69, 9.17) is 19.2 Å². The smallest absolute Gasteiger partial charge is 0.338 e. The number of hydrogen-bond acceptors (Lipinski definition) is 9. The monoisotopic (exact) mass is 541 g/mol. The molecule has 1 aromatic rings. The molecule has 1 fully saturated rings. The number of esters is 2. The molecule has 38 heavy (non-hydrogen) atoms. The van der Waals surface area contributed by atoms with E-state index < -0.39 is 12.0 Å². The van der Waals surface area contributed by atoms with Gasteiger partial charge in [-0.05, 0) is 63.6 Å². The van der Waals surface area contributed by atoms with Crippen LogP contribution in [-0.2, 0) is 23.9 Å². The minimum atomic E-state index is -0.497. The number of carbonyl (C=O) groups is 3. The lowest BCUT2D eigenvalue weighted by Crippen LogP contribution is -2.42. The molecule has 0 unspecified atom stereocenters. The van der Waals surface area contributed by atoms with Gasteiger partial charge in [-0.25, -0.2) is 9.79 Å². The van der Waals surface area contributed by atoms with Crippen LogP contribution in [-0.4, -0.2) is 65.7 Å². The number of aliphatic imine (C=N–C) groups is 1. The summed E-state index contributed by atoms with van der Waals surface area (Å²) in [4.78, 5) is 47.2. The number of amides is 1. The van der Waals surface area contributed by atoms with Crippen LogP contribution < -0.4 is 4.74 Å². The number of amidine groups is 1. The van der Waals surface area contributed by atoms with E-state index in [0.29, 0.717) is 54.7 Å². The first-order valence-electron chi connectivity index (χ1n) is 13.0. The molecule has 0 bridgehead atoms.